The highest BCUT2D eigenvalue weighted by Gasteiger charge is 2.82. The van der Waals surface area contributed by atoms with Crippen LogP contribution in [0.25, 0.3) is 0 Å². The minimum atomic E-state index is -1.08. The van der Waals surface area contributed by atoms with E-state index in [1.54, 1.807) is 13.8 Å². The lowest BCUT2D eigenvalue weighted by molar-refractivity contribution is -0.162. The number of hydrogen-bond acceptors (Lipinski definition) is 4. The van der Waals surface area contributed by atoms with Gasteiger partial charge in [0.1, 0.15) is 0 Å². The molecule has 1 unspecified atom stereocenters. The van der Waals surface area contributed by atoms with Gasteiger partial charge >= 0.3 is 0 Å². The Morgan fingerprint density at radius 1 is 0.853 bits per heavy atom. The third kappa shape index (κ3) is 3.04. The van der Waals surface area contributed by atoms with E-state index < -0.39 is 11.7 Å². The van der Waals surface area contributed by atoms with E-state index in [1.165, 1.54) is 38.5 Å². The van der Waals surface area contributed by atoms with E-state index in [9.17, 15) is 20.4 Å². The van der Waals surface area contributed by atoms with Gasteiger partial charge in [0.25, 0.3) is 0 Å². The van der Waals surface area contributed by atoms with Gasteiger partial charge in [-0.25, -0.2) is 0 Å². The predicted octanol–water partition coefficient (Wildman–Crippen LogP) is 5.31. The van der Waals surface area contributed by atoms with Crippen molar-refractivity contribution >= 4 is 0 Å². The predicted molar refractivity (Wildman–Crippen MR) is 135 cm³/mol. The van der Waals surface area contributed by atoms with Crippen LogP contribution in [0, 0.1) is 50.7 Å². The number of hydrogen-bond donors (Lipinski definition) is 4. The second-order valence-corrected chi connectivity index (χ2v) is 15.4. The highest BCUT2D eigenvalue weighted by atomic mass is 16.3. The molecule has 0 amide bonds. The molecule has 0 aliphatic heterocycles. The number of aliphatic hydroxyl groups excluding tert-OH is 3. The van der Waals surface area contributed by atoms with Gasteiger partial charge in [-0.3, -0.25) is 0 Å². The fraction of sp³-hybridized carbons (Fsp3) is 1.00. The van der Waals surface area contributed by atoms with E-state index in [0.717, 1.165) is 19.3 Å². The first-order valence-corrected chi connectivity index (χ1v) is 14.3. The number of rotatable bonds is 5. The summed E-state index contributed by atoms with van der Waals surface area (Å²) in [7, 11) is 0. The van der Waals surface area contributed by atoms with Crippen LogP contribution in [0.4, 0.5) is 0 Å². The van der Waals surface area contributed by atoms with E-state index in [-0.39, 0.29) is 34.4 Å². The molecule has 4 N–H and O–H groups in total. The summed E-state index contributed by atoms with van der Waals surface area (Å²) in [4.78, 5) is 0. The summed E-state index contributed by atoms with van der Waals surface area (Å²) in [5, 5.41) is 43.0. The van der Waals surface area contributed by atoms with Crippen molar-refractivity contribution in [1.29, 1.82) is 0 Å². The van der Waals surface area contributed by atoms with Crippen molar-refractivity contribution in [1.82, 2.24) is 0 Å². The van der Waals surface area contributed by atoms with Crippen LogP contribution in [-0.4, -0.2) is 44.3 Å². The van der Waals surface area contributed by atoms with Crippen LogP contribution in [0.15, 0.2) is 0 Å². The Bertz CT molecular complexity index is 817. The summed E-state index contributed by atoms with van der Waals surface area (Å²) in [6.07, 6.45) is 9.62. The molecular formula is C30H52O4. The number of fused-ring (bicyclic) bond motifs is 2. The quantitative estimate of drug-likeness (QED) is 0.434. The van der Waals surface area contributed by atoms with Crippen molar-refractivity contribution in [3.05, 3.63) is 0 Å². The molecule has 0 saturated heterocycles. The van der Waals surface area contributed by atoms with Gasteiger partial charge in [-0.05, 0) is 129 Å². The maximum absolute atomic E-state index is 11.5. The molecule has 4 heteroatoms. The summed E-state index contributed by atoms with van der Waals surface area (Å²) in [6.45, 7) is 15.3. The first kappa shape index (κ1) is 25.5. The summed E-state index contributed by atoms with van der Waals surface area (Å²) in [6, 6.07) is 0. The normalized spacial score (nSPS) is 53.2. The van der Waals surface area contributed by atoms with Gasteiger partial charge in [0.05, 0.1) is 23.9 Å². The smallest absolute Gasteiger partial charge is 0.0849 e. The van der Waals surface area contributed by atoms with Gasteiger partial charge < -0.3 is 20.4 Å². The molecule has 0 aromatic heterocycles. The van der Waals surface area contributed by atoms with Gasteiger partial charge in [0, 0.05) is 0 Å². The molecule has 196 valence electrons. The Kier molecular flexibility index (Phi) is 5.59. The van der Waals surface area contributed by atoms with Crippen molar-refractivity contribution < 1.29 is 20.4 Å². The van der Waals surface area contributed by atoms with Crippen LogP contribution in [0.3, 0.4) is 0 Å². The van der Waals surface area contributed by atoms with Crippen LogP contribution < -0.4 is 0 Å². The third-order valence-corrected chi connectivity index (χ3v) is 13.5. The first-order valence-electron chi connectivity index (χ1n) is 14.3. The summed E-state index contributed by atoms with van der Waals surface area (Å²) < 4.78 is 0. The van der Waals surface area contributed by atoms with Gasteiger partial charge in [-0.1, -0.05) is 34.6 Å². The Morgan fingerprint density at radius 2 is 1.47 bits per heavy atom. The van der Waals surface area contributed by atoms with Crippen LogP contribution in [0.2, 0.25) is 0 Å². The minimum Gasteiger partial charge on any atom is -0.393 e. The molecule has 2 spiro atoms. The Morgan fingerprint density at radius 3 is 2.12 bits per heavy atom. The molecule has 0 bridgehead atoms. The van der Waals surface area contributed by atoms with Gasteiger partial charge in [0.2, 0.25) is 0 Å². The van der Waals surface area contributed by atoms with Crippen LogP contribution in [0.5, 0.6) is 0 Å². The van der Waals surface area contributed by atoms with Crippen molar-refractivity contribution in [2.24, 2.45) is 50.7 Å². The standard InChI is InChI=1S/C30H52O4/c1-18(8-11-23(33)26(4,5)34)24-19(31)16-28(7)21-10-9-20-25(2,3)22(32)12-13-29(20)17-30(21,29)15-14-27(24,28)6/h18-24,31-34H,8-17H2,1-7H3/t18-,19+,20+,21+,22+,23?,24+,27-,28+,29-,30-/m1/s1. The molecule has 34 heavy (non-hydrogen) atoms. The van der Waals surface area contributed by atoms with Crippen molar-refractivity contribution in [2.75, 3.05) is 0 Å². The Balaban J connectivity index is 1.40. The SMILES string of the molecule is C[C@H](CCC(O)C(C)(C)O)[C@H]1[C@@H](O)C[C@@]2(C)[C@@H]3CC[C@H]4C(C)(C)[C@@H](O)CC[C@@]45C[C@]35CC[C@]12C. The van der Waals surface area contributed by atoms with E-state index >= 15 is 0 Å². The lowest BCUT2D eigenvalue weighted by Gasteiger charge is -2.63. The van der Waals surface area contributed by atoms with Crippen LogP contribution in [-0.2, 0) is 0 Å². The zero-order valence-electron chi connectivity index (χ0n) is 22.9. The highest BCUT2D eigenvalue weighted by Crippen LogP contribution is 2.89. The summed E-state index contributed by atoms with van der Waals surface area (Å²) in [5.74, 6) is 1.88. The van der Waals surface area contributed by atoms with Crippen molar-refractivity contribution in [3.63, 3.8) is 0 Å². The summed E-state index contributed by atoms with van der Waals surface area (Å²) >= 11 is 0. The van der Waals surface area contributed by atoms with Crippen molar-refractivity contribution in [2.45, 2.75) is 137 Å². The fourth-order valence-corrected chi connectivity index (χ4v) is 11.4. The highest BCUT2D eigenvalue weighted by molar-refractivity contribution is 5.31. The van der Waals surface area contributed by atoms with E-state index in [0.29, 0.717) is 35.0 Å². The summed E-state index contributed by atoms with van der Waals surface area (Å²) in [5.41, 5.74) is 0.0474. The fourth-order valence-electron chi connectivity index (χ4n) is 11.4. The molecule has 0 aromatic carbocycles. The van der Waals surface area contributed by atoms with Gasteiger partial charge in [-0.2, -0.15) is 0 Å². The van der Waals surface area contributed by atoms with Crippen LogP contribution >= 0.6 is 0 Å². The molecule has 5 aliphatic carbocycles. The Hall–Kier alpha value is -0.160. The second kappa shape index (κ2) is 7.45. The third-order valence-electron chi connectivity index (χ3n) is 13.5. The topological polar surface area (TPSA) is 80.9 Å². The molecule has 5 rings (SSSR count). The zero-order chi connectivity index (χ0) is 25.1. The molecular weight excluding hydrogens is 424 g/mol. The zero-order valence-corrected chi connectivity index (χ0v) is 22.9. The van der Waals surface area contributed by atoms with E-state index in [2.05, 4.69) is 34.6 Å². The molecule has 0 radical (unpaired) electrons. The Labute approximate surface area is 207 Å². The molecule has 5 aliphatic rings. The molecule has 11 atom stereocenters. The minimum absolute atomic E-state index is 0.0158. The average molecular weight is 477 g/mol. The van der Waals surface area contributed by atoms with E-state index in [1.807, 2.05) is 0 Å². The monoisotopic (exact) mass is 476 g/mol. The lowest BCUT2D eigenvalue weighted by Crippen LogP contribution is -2.57. The molecule has 0 aromatic rings. The maximum atomic E-state index is 11.5. The first-order chi connectivity index (χ1) is 15.6. The average Bonchev–Trinajstić information content (AvgIpc) is 3.34. The second-order valence-electron chi connectivity index (χ2n) is 15.4. The molecule has 4 nitrogen and oxygen atoms in total. The lowest BCUT2D eigenvalue weighted by atomic mass is 9.41. The van der Waals surface area contributed by atoms with Gasteiger partial charge in [-0.15, -0.1) is 0 Å². The molecule has 5 saturated carbocycles. The van der Waals surface area contributed by atoms with Crippen LogP contribution in [0.1, 0.15) is 113 Å². The maximum Gasteiger partial charge on any atom is 0.0849 e. The molecule has 0 heterocycles. The van der Waals surface area contributed by atoms with E-state index in [4.69, 9.17) is 0 Å². The largest absolute Gasteiger partial charge is 0.393 e. The van der Waals surface area contributed by atoms with Gasteiger partial charge in [0.15, 0.2) is 0 Å². The van der Waals surface area contributed by atoms with Crippen molar-refractivity contribution in [3.8, 4) is 0 Å². The molecule has 5 fully saturated rings. The number of aliphatic hydroxyl groups is 4.